The van der Waals surface area contributed by atoms with E-state index in [9.17, 15) is 20.6 Å². The van der Waals surface area contributed by atoms with E-state index < -0.39 is 0 Å². The van der Waals surface area contributed by atoms with Crippen molar-refractivity contribution in [2.24, 2.45) is 5.73 Å². The van der Waals surface area contributed by atoms with Gasteiger partial charge in [-0.3, -0.25) is 0 Å². The molecule has 6 N–H and O–H groups in total. The van der Waals surface area contributed by atoms with Gasteiger partial charge >= 0.3 is 0 Å². The molecule has 7 heteroatoms. The quantitative estimate of drug-likeness (QED) is 0.448. The molecule has 26 heavy (non-hydrogen) atoms. The number of nitrogens with zero attached hydrogens (tertiary/aromatic N) is 1. The number of benzene rings is 1. The first-order valence-corrected chi connectivity index (χ1v) is 8.46. The van der Waals surface area contributed by atoms with Gasteiger partial charge in [-0.25, -0.2) is 0 Å². The first-order valence-electron chi connectivity index (χ1n) is 8.46. The predicted molar refractivity (Wildman–Crippen MR) is 97.1 cm³/mol. The minimum atomic E-state index is -0.297. The number of nitrogens with one attached hydrogen (secondary N) is 1. The van der Waals surface area contributed by atoms with Gasteiger partial charge in [-0.15, -0.1) is 0 Å². The van der Waals surface area contributed by atoms with E-state index in [-0.39, 0.29) is 19.8 Å². The molecule has 0 aliphatic rings. The molecule has 2 rings (SSSR count). The van der Waals surface area contributed by atoms with Gasteiger partial charge in [0.15, 0.2) is 0 Å². The van der Waals surface area contributed by atoms with E-state index in [1.165, 1.54) is 0 Å². The number of rotatable bonds is 9. The summed E-state index contributed by atoms with van der Waals surface area (Å²) >= 11 is 0. The average Bonchev–Trinajstić information content (AvgIpc) is 3.02. The number of hydrogen-bond donors (Lipinski definition) is 5. The molecular weight excluding hydrogens is 334 g/mol. The van der Waals surface area contributed by atoms with Crippen LogP contribution in [0.3, 0.4) is 0 Å². The second-order valence-corrected chi connectivity index (χ2v) is 5.93. The zero-order chi connectivity index (χ0) is 19.1. The summed E-state index contributed by atoms with van der Waals surface area (Å²) in [4.78, 5) is 3.14. The lowest BCUT2D eigenvalue weighted by Crippen LogP contribution is -2.07. The van der Waals surface area contributed by atoms with Crippen molar-refractivity contribution >= 4 is 0 Å². The summed E-state index contributed by atoms with van der Waals surface area (Å²) in [5, 5.41) is 38.7. The summed E-state index contributed by atoms with van der Waals surface area (Å²) in [5.41, 5.74) is 10.9. The van der Waals surface area contributed by atoms with Gasteiger partial charge in [0.25, 0.3) is 0 Å². The molecule has 0 fully saturated rings. The lowest BCUT2D eigenvalue weighted by molar-refractivity contribution is 0.202. The number of aromatic amines is 1. The normalized spacial score (nSPS) is 10.9. The van der Waals surface area contributed by atoms with Crippen LogP contribution >= 0.6 is 0 Å². The molecule has 0 atom stereocenters. The molecule has 140 valence electrons. The summed E-state index contributed by atoms with van der Waals surface area (Å²) < 4.78 is 5.17. The van der Waals surface area contributed by atoms with Crippen molar-refractivity contribution in [3.05, 3.63) is 45.8 Å². The van der Waals surface area contributed by atoms with Crippen LogP contribution in [0.5, 0.6) is 0 Å². The maximum Gasteiger partial charge on any atom is 0.121 e. The monoisotopic (exact) mass is 359 g/mol. The Morgan fingerprint density at radius 2 is 1.81 bits per heavy atom. The fourth-order valence-corrected chi connectivity index (χ4v) is 3.30. The van der Waals surface area contributed by atoms with E-state index in [0.717, 1.165) is 22.4 Å². The van der Waals surface area contributed by atoms with Crippen molar-refractivity contribution < 1.29 is 20.1 Å². The van der Waals surface area contributed by atoms with Gasteiger partial charge < -0.3 is 30.8 Å². The van der Waals surface area contributed by atoms with Gasteiger partial charge in [-0.1, -0.05) is 12.1 Å². The molecule has 7 nitrogen and oxygen atoms in total. The molecule has 2 aromatic rings. The third-order valence-electron chi connectivity index (χ3n) is 4.53. The maximum atomic E-state index is 9.95. The smallest absolute Gasteiger partial charge is 0.121 e. The lowest BCUT2D eigenvalue weighted by Gasteiger charge is -2.17. The van der Waals surface area contributed by atoms with E-state index in [1.807, 2.05) is 0 Å². The highest BCUT2D eigenvalue weighted by Gasteiger charge is 2.22. The van der Waals surface area contributed by atoms with E-state index in [0.29, 0.717) is 48.4 Å². The molecule has 0 radical (unpaired) electrons. The first-order chi connectivity index (χ1) is 12.7. The maximum absolute atomic E-state index is 9.95. The Balaban J connectivity index is 2.77. The topological polar surface area (TPSA) is 136 Å². The lowest BCUT2D eigenvalue weighted by atomic mass is 9.89. The summed E-state index contributed by atoms with van der Waals surface area (Å²) in [6.07, 6.45) is 1.06. The van der Waals surface area contributed by atoms with Crippen LogP contribution in [0.1, 0.15) is 33.6 Å². The van der Waals surface area contributed by atoms with Crippen LogP contribution in [-0.4, -0.2) is 40.6 Å². The zero-order valence-corrected chi connectivity index (χ0v) is 14.9. The average molecular weight is 359 g/mol. The SMILES string of the molecule is COCCc1c(C#N)[nH]c(CCN)c1-c1ccc(CO)c(CO)c1CO. The van der Waals surface area contributed by atoms with Crippen LogP contribution in [0.2, 0.25) is 0 Å². The molecule has 1 heterocycles. The van der Waals surface area contributed by atoms with Gasteiger partial charge in [0.1, 0.15) is 11.8 Å². The largest absolute Gasteiger partial charge is 0.392 e. The molecule has 0 saturated heterocycles. The minimum absolute atomic E-state index is 0.230. The fraction of sp³-hybridized carbons (Fsp3) is 0.421. The number of H-pyrrole nitrogens is 1. The summed E-state index contributed by atoms with van der Waals surface area (Å²) in [6.45, 7) is 0.0222. The van der Waals surface area contributed by atoms with Crippen molar-refractivity contribution in [2.75, 3.05) is 20.3 Å². The van der Waals surface area contributed by atoms with Gasteiger partial charge in [0, 0.05) is 24.8 Å². The zero-order valence-electron chi connectivity index (χ0n) is 14.9. The third-order valence-corrected chi connectivity index (χ3v) is 4.53. The molecule has 0 aliphatic carbocycles. The number of nitriles is 1. The standard InChI is InChI=1S/C19H25N3O4/c1-26-7-5-14-18(8-21)22-17(4-6-20)19(14)13-3-2-12(9-23)15(10-24)16(13)11-25/h2-3,22-25H,4-7,9-11,20H2,1H3. The Labute approximate surface area is 152 Å². The molecule has 1 aromatic carbocycles. The molecule has 0 amide bonds. The van der Waals surface area contributed by atoms with Crippen molar-refractivity contribution in [2.45, 2.75) is 32.7 Å². The van der Waals surface area contributed by atoms with Crippen LogP contribution in [-0.2, 0) is 37.4 Å². The molecule has 0 aliphatic heterocycles. The number of aliphatic hydroxyl groups is 3. The first kappa shape index (κ1) is 20.1. The number of nitrogens with two attached hydrogens (primary N) is 1. The van der Waals surface area contributed by atoms with Gasteiger partial charge in [0.05, 0.1) is 26.4 Å². The Morgan fingerprint density at radius 3 is 2.35 bits per heavy atom. The van der Waals surface area contributed by atoms with Crippen LogP contribution in [0.15, 0.2) is 12.1 Å². The second-order valence-electron chi connectivity index (χ2n) is 5.93. The molecule has 0 saturated carbocycles. The second kappa shape index (κ2) is 9.48. The van der Waals surface area contributed by atoms with Crippen LogP contribution in [0.4, 0.5) is 0 Å². The van der Waals surface area contributed by atoms with E-state index >= 15 is 0 Å². The molecule has 0 spiro atoms. The number of aromatic nitrogens is 1. The third kappa shape index (κ3) is 3.80. The predicted octanol–water partition coefficient (Wildman–Crippen LogP) is 0.720. The highest BCUT2D eigenvalue weighted by molar-refractivity contribution is 5.77. The van der Waals surface area contributed by atoms with Gasteiger partial charge in [-0.05, 0) is 40.8 Å². The van der Waals surface area contributed by atoms with Crippen molar-refractivity contribution in [1.82, 2.24) is 4.98 Å². The number of aliphatic hydroxyl groups excluding tert-OH is 3. The van der Waals surface area contributed by atoms with E-state index in [1.54, 1.807) is 19.2 Å². The van der Waals surface area contributed by atoms with Crippen LogP contribution in [0, 0.1) is 11.3 Å². The molecule has 0 bridgehead atoms. The Hall–Kier alpha value is -2.21. The summed E-state index contributed by atoms with van der Waals surface area (Å²) in [5.74, 6) is 0. The van der Waals surface area contributed by atoms with Crippen molar-refractivity contribution in [3.63, 3.8) is 0 Å². The van der Waals surface area contributed by atoms with Crippen LogP contribution < -0.4 is 5.73 Å². The Bertz CT molecular complexity index is 793. The number of methoxy groups -OCH3 is 1. The van der Waals surface area contributed by atoms with Gasteiger partial charge in [0.2, 0.25) is 0 Å². The van der Waals surface area contributed by atoms with Crippen LogP contribution in [0.25, 0.3) is 11.1 Å². The Kier molecular flexibility index (Phi) is 7.33. The Morgan fingerprint density at radius 1 is 1.08 bits per heavy atom. The highest BCUT2D eigenvalue weighted by Crippen LogP contribution is 2.36. The van der Waals surface area contributed by atoms with Gasteiger partial charge in [-0.2, -0.15) is 5.26 Å². The molecule has 1 aromatic heterocycles. The van der Waals surface area contributed by atoms with Crippen molar-refractivity contribution in [3.8, 4) is 17.2 Å². The number of hydrogen-bond acceptors (Lipinski definition) is 6. The fourth-order valence-electron chi connectivity index (χ4n) is 3.30. The van der Waals surface area contributed by atoms with Crippen molar-refractivity contribution in [1.29, 1.82) is 5.26 Å². The minimum Gasteiger partial charge on any atom is -0.392 e. The number of ether oxygens (including phenoxy) is 1. The van der Waals surface area contributed by atoms with E-state index in [4.69, 9.17) is 10.5 Å². The highest BCUT2D eigenvalue weighted by atomic mass is 16.5. The molecular formula is C19H25N3O4. The summed E-state index contributed by atoms with van der Waals surface area (Å²) in [6, 6.07) is 5.71. The summed E-state index contributed by atoms with van der Waals surface area (Å²) in [7, 11) is 1.60. The van der Waals surface area contributed by atoms with E-state index in [2.05, 4.69) is 11.1 Å². The molecule has 0 unspecified atom stereocenters.